The Hall–Kier alpha value is -5.06. The third-order valence-electron chi connectivity index (χ3n) is 12.1. The molecule has 2 aliphatic heterocycles. The summed E-state index contributed by atoms with van der Waals surface area (Å²) in [5.74, 6) is -4.22. The topological polar surface area (TPSA) is 113 Å². The number of aryl methyl sites for hydroxylation is 3. The second-order valence-electron chi connectivity index (χ2n) is 14.7. The van der Waals surface area contributed by atoms with Crippen LogP contribution in [-0.4, -0.2) is 38.5 Å². The van der Waals surface area contributed by atoms with Crippen LogP contribution in [0, 0.1) is 42.9 Å². The van der Waals surface area contributed by atoms with Crippen LogP contribution >= 0.6 is 22.9 Å². The molecule has 6 unspecified atom stereocenters. The lowest BCUT2D eigenvalue weighted by Gasteiger charge is -2.49. The highest BCUT2D eigenvalue weighted by molar-refractivity contribution is 7.22. The summed E-state index contributed by atoms with van der Waals surface area (Å²) in [5, 5.41) is 18.0. The van der Waals surface area contributed by atoms with E-state index in [4.69, 9.17) is 16.7 Å². The Morgan fingerprint density at radius 3 is 2.44 bits per heavy atom. The highest BCUT2D eigenvalue weighted by atomic mass is 35.5. The van der Waals surface area contributed by atoms with Crippen molar-refractivity contribution in [1.29, 1.82) is 0 Å². The molecule has 2 saturated heterocycles. The maximum Gasteiger partial charge on any atom is 0.242 e. The average molecular weight is 731 g/mol. The van der Waals surface area contributed by atoms with Crippen molar-refractivity contribution < 1.29 is 24.3 Å². The quantitative estimate of drug-likeness (QED) is 0.150. The lowest BCUT2D eigenvalue weighted by atomic mass is 9.51. The van der Waals surface area contributed by atoms with Crippen molar-refractivity contribution in [3.63, 3.8) is 0 Å². The number of carbonyl (C=O) groups is 4. The van der Waals surface area contributed by atoms with Gasteiger partial charge in [-0.25, -0.2) is 4.90 Å². The van der Waals surface area contributed by atoms with Crippen LogP contribution < -0.4 is 9.80 Å². The fraction of sp³-hybridized carbons (Fsp3) is 0.293. The van der Waals surface area contributed by atoms with Crippen molar-refractivity contribution in [2.75, 3.05) is 9.80 Å². The maximum absolute atomic E-state index is 15.1. The van der Waals surface area contributed by atoms with Gasteiger partial charge in [0.25, 0.3) is 0 Å². The zero-order valence-electron chi connectivity index (χ0n) is 29.0. The number of benzene rings is 3. The van der Waals surface area contributed by atoms with Crippen molar-refractivity contribution in [2.45, 2.75) is 39.5 Å². The second-order valence-corrected chi connectivity index (χ2v) is 16.2. The summed E-state index contributed by atoms with van der Waals surface area (Å²) >= 11 is 7.88. The highest BCUT2D eigenvalue weighted by Crippen LogP contribution is 2.64. The third kappa shape index (κ3) is 4.37. The number of anilines is 2. The molecule has 1 N–H and O–H groups in total. The van der Waals surface area contributed by atoms with Gasteiger partial charge in [0, 0.05) is 34.3 Å². The molecule has 0 spiro atoms. The molecule has 3 fully saturated rings. The molecule has 2 aliphatic carbocycles. The molecule has 0 radical (unpaired) electrons. The Kier molecular flexibility index (Phi) is 7.24. The van der Waals surface area contributed by atoms with E-state index in [1.165, 1.54) is 9.80 Å². The first-order valence-corrected chi connectivity index (χ1v) is 18.6. The van der Waals surface area contributed by atoms with Gasteiger partial charge >= 0.3 is 0 Å². The summed E-state index contributed by atoms with van der Waals surface area (Å²) in [5.41, 5.74) is 2.86. The van der Waals surface area contributed by atoms with Crippen LogP contribution in [0.15, 0.2) is 84.4 Å². The summed E-state index contributed by atoms with van der Waals surface area (Å²) in [6.07, 6.45) is 2.54. The lowest BCUT2D eigenvalue weighted by Crippen LogP contribution is -2.49. The van der Waals surface area contributed by atoms with E-state index in [0.29, 0.717) is 39.8 Å². The number of aromatic nitrogens is 2. The number of imide groups is 2. The SMILES string of the molecule is Cc1cccc(C2C3=CCC4C(=O)N(c5ccccc5)C(=O)C4C3CC3C(=O)N(c4cc(-c5sc6ccc(Cl)cc6c5C)nn4C)C(=O)C32C)c1O. The van der Waals surface area contributed by atoms with Gasteiger partial charge in [0.2, 0.25) is 23.6 Å². The molecule has 3 aromatic carbocycles. The van der Waals surface area contributed by atoms with Gasteiger partial charge in [-0.2, -0.15) is 5.10 Å². The molecule has 5 aromatic rings. The maximum atomic E-state index is 15.1. The van der Waals surface area contributed by atoms with E-state index in [0.717, 1.165) is 26.1 Å². The number of halogens is 1. The van der Waals surface area contributed by atoms with Crippen LogP contribution in [0.1, 0.15) is 42.4 Å². The fourth-order valence-corrected chi connectivity index (χ4v) is 10.9. The zero-order chi connectivity index (χ0) is 36.4. The van der Waals surface area contributed by atoms with E-state index < -0.39 is 35.0 Å². The first-order valence-electron chi connectivity index (χ1n) is 17.4. The Morgan fingerprint density at radius 2 is 1.67 bits per heavy atom. The standard InChI is InChI=1S/C41H35ClN4O5S/c1-20-9-8-12-26(35(20)47)34-24-14-15-25-33(39(50)45(37(25)48)23-10-6-5-7-11-23)28(24)18-29-38(49)46(40(51)41(29,34)3)32-19-30(43-44(32)4)36-21(2)27-17-22(42)13-16-31(27)52-36/h5-14,16-17,19,25,28-29,33-34,47H,15,18H2,1-4H3. The number of rotatable bonds is 4. The highest BCUT2D eigenvalue weighted by Gasteiger charge is 2.68. The molecule has 4 heterocycles. The first-order chi connectivity index (χ1) is 24.9. The largest absolute Gasteiger partial charge is 0.507 e. The molecule has 1 saturated carbocycles. The summed E-state index contributed by atoms with van der Waals surface area (Å²) in [6.45, 7) is 5.63. The van der Waals surface area contributed by atoms with Gasteiger partial charge in [0.1, 0.15) is 17.3 Å². The van der Waals surface area contributed by atoms with Crippen molar-refractivity contribution in [1.82, 2.24) is 9.78 Å². The van der Waals surface area contributed by atoms with Crippen molar-refractivity contribution >= 4 is 68.2 Å². The lowest BCUT2D eigenvalue weighted by molar-refractivity contribution is -0.131. The van der Waals surface area contributed by atoms with Crippen LogP contribution in [0.4, 0.5) is 11.5 Å². The molecule has 4 aliphatic rings. The minimum absolute atomic E-state index is 0.0535. The molecule has 6 atom stereocenters. The number of nitrogens with zero attached hydrogens (tertiary/aromatic N) is 4. The van der Waals surface area contributed by atoms with E-state index in [1.54, 1.807) is 66.4 Å². The molecular weight excluding hydrogens is 696 g/mol. The molecule has 2 aromatic heterocycles. The fourth-order valence-electron chi connectivity index (χ4n) is 9.54. The van der Waals surface area contributed by atoms with E-state index in [9.17, 15) is 19.5 Å². The van der Waals surface area contributed by atoms with Crippen LogP contribution in [-0.2, 0) is 26.2 Å². The third-order valence-corrected chi connectivity index (χ3v) is 13.6. The molecule has 4 amide bonds. The number of hydrogen-bond acceptors (Lipinski definition) is 7. The van der Waals surface area contributed by atoms with Crippen LogP contribution in [0.25, 0.3) is 20.7 Å². The van der Waals surface area contributed by atoms with Crippen LogP contribution in [0.3, 0.4) is 0 Å². The Morgan fingerprint density at radius 1 is 0.904 bits per heavy atom. The van der Waals surface area contributed by atoms with Gasteiger partial charge < -0.3 is 5.11 Å². The second kappa shape index (κ2) is 11.5. The number of thiophene rings is 1. The van der Waals surface area contributed by atoms with Crippen molar-refractivity contribution in [2.24, 2.45) is 36.1 Å². The van der Waals surface area contributed by atoms with Crippen molar-refractivity contribution in [3.05, 3.63) is 106 Å². The van der Waals surface area contributed by atoms with Crippen LogP contribution in [0.2, 0.25) is 5.02 Å². The van der Waals surface area contributed by atoms with Gasteiger partial charge in [-0.15, -0.1) is 11.3 Å². The number of phenolic OH excluding ortho intramolecular Hbond substituents is 1. The van der Waals surface area contributed by atoms with E-state index in [2.05, 4.69) is 0 Å². The van der Waals surface area contributed by atoms with Gasteiger partial charge in [-0.1, -0.05) is 59.6 Å². The number of amides is 4. The van der Waals surface area contributed by atoms with Crippen molar-refractivity contribution in [3.8, 4) is 16.3 Å². The number of para-hydroxylation sites is 2. The van der Waals surface area contributed by atoms with Crippen LogP contribution in [0.5, 0.6) is 5.75 Å². The Balaban J connectivity index is 1.17. The van der Waals surface area contributed by atoms with E-state index in [-0.39, 0.29) is 35.8 Å². The number of carbonyl (C=O) groups excluding carboxylic acids is 4. The first kappa shape index (κ1) is 32.8. The minimum Gasteiger partial charge on any atom is -0.507 e. The Bertz CT molecular complexity index is 2430. The molecule has 0 bridgehead atoms. The van der Waals surface area contributed by atoms with Gasteiger partial charge in [-0.3, -0.25) is 28.8 Å². The summed E-state index contributed by atoms with van der Waals surface area (Å²) in [7, 11) is 1.72. The van der Waals surface area contributed by atoms with E-state index in [1.807, 2.05) is 56.3 Å². The number of phenols is 1. The number of hydrogen-bond donors (Lipinski definition) is 1. The number of aromatic hydroxyl groups is 1. The zero-order valence-corrected chi connectivity index (χ0v) is 30.5. The molecule has 52 heavy (non-hydrogen) atoms. The summed E-state index contributed by atoms with van der Waals surface area (Å²) in [6, 6.07) is 21.9. The predicted octanol–water partition coefficient (Wildman–Crippen LogP) is 7.71. The molecular formula is C41H35ClN4O5S. The van der Waals surface area contributed by atoms with Gasteiger partial charge in [-0.05, 0) is 86.4 Å². The molecule has 11 heteroatoms. The molecule has 9 rings (SSSR count). The van der Waals surface area contributed by atoms with Gasteiger partial charge in [0.15, 0.2) is 0 Å². The normalized spacial score (nSPS) is 26.9. The monoisotopic (exact) mass is 730 g/mol. The average Bonchev–Trinajstić information content (AvgIpc) is 3.80. The minimum atomic E-state index is -1.29. The Labute approximate surface area is 309 Å². The number of fused-ring (bicyclic) bond motifs is 5. The molecule has 262 valence electrons. The number of allylic oxidation sites excluding steroid dienone is 2. The smallest absolute Gasteiger partial charge is 0.242 e. The summed E-state index contributed by atoms with van der Waals surface area (Å²) in [4.78, 5) is 61.5. The van der Waals surface area contributed by atoms with E-state index >= 15 is 4.79 Å². The van der Waals surface area contributed by atoms with Gasteiger partial charge in [0.05, 0.1) is 33.7 Å². The summed E-state index contributed by atoms with van der Waals surface area (Å²) < 4.78 is 2.62. The predicted molar refractivity (Wildman–Crippen MR) is 200 cm³/mol. The molecule has 9 nitrogen and oxygen atoms in total.